The van der Waals surface area contributed by atoms with E-state index >= 15 is 0 Å². The highest BCUT2D eigenvalue weighted by Crippen LogP contribution is 2.18. The van der Waals surface area contributed by atoms with Crippen LogP contribution in [-0.4, -0.2) is 26.3 Å². The van der Waals surface area contributed by atoms with Gasteiger partial charge in [-0.1, -0.05) is 30.4 Å². The van der Waals surface area contributed by atoms with Crippen molar-refractivity contribution in [1.82, 2.24) is 19.7 Å². The van der Waals surface area contributed by atoms with Crippen LogP contribution in [0.15, 0.2) is 30.6 Å². The van der Waals surface area contributed by atoms with Crippen molar-refractivity contribution in [3.05, 3.63) is 35.6 Å². The van der Waals surface area contributed by atoms with Gasteiger partial charge in [0.05, 0.1) is 23.9 Å². The van der Waals surface area contributed by atoms with Crippen LogP contribution in [0.5, 0.6) is 0 Å². The molecule has 2 heterocycles. The van der Waals surface area contributed by atoms with E-state index in [1.165, 1.54) is 0 Å². The second kappa shape index (κ2) is 5.36. The Kier molecular flexibility index (Phi) is 3.41. The maximum atomic E-state index is 4.38. The minimum absolute atomic E-state index is 0.714. The molecule has 0 saturated heterocycles. The van der Waals surface area contributed by atoms with E-state index in [-0.39, 0.29) is 0 Å². The molecule has 0 aliphatic rings. The number of benzene rings is 1. The van der Waals surface area contributed by atoms with Crippen molar-refractivity contribution in [3.8, 4) is 0 Å². The van der Waals surface area contributed by atoms with E-state index in [0.29, 0.717) is 6.54 Å². The minimum atomic E-state index is 0.714. The fraction of sp³-hybridized carbons (Fsp3) is 0.308. The van der Waals surface area contributed by atoms with Gasteiger partial charge in [-0.3, -0.25) is 0 Å². The van der Waals surface area contributed by atoms with Gasteiger partial charge in [-0.05, 0) is 18.6 Å². The summed E-state index contributed by atoms with van der Waals surface area (Å²) >= 11 is 1.60. The molecule has 5 nitrogen and oxygen atoms in total. The van der Waals surface area contributed by atoms with Crippen LogP contribution in [0.3, 0.4) is 0 Å². The summed E-state index contributed by atoms with van der Waals surface area (Å²) in [5, 5.41) is 13.5. The Bertz CT molecular complexity index is 672. The molecule has 0 aliphatic carbocycles. The van der Waals surface area contributed by atoms with Crippen LogP contribution in [0.1, 0.15) is 18.4 Å². The third-order valence-electron chi connectivity index (χ3n) is 2.83. The molecule has 3 aromatic rings. The highest BCUT2D eigenvalue weighted by Gasteiger charge is 2.07. The van der Waals surface area contributed by atoms with Crippen LogP contribution in [0.4, 0.5) is 5.13 Å². The average Bonchev–Trinajstić information content (AvgIpc) is 3.05. The highest BCUT2D eigenvalue weighted by atomic mass is 32.1. The molecule has 0 unspecified atom stereocenters. The fourth-order valence-corrected chi connectivity index (χ4v) is 2.67. The standard InChI is InChI=1S/C13H15N5S/c1-2-7-14-13-17-16-12(19-13)8-18-9-15-10-5-3-4-6-11(10)18/h3-6,9H,2,7-8H2,1H3,(H,14,17). The van der Waals surface area contributed by atoms with E-state index in [0.717, 1.165) is 34.1 Å². The Morgan fingerprint density at radius 3 is 3.05 bits per heavy atom. The summed E-state index contributed by atoms with van der Waals surface area (Å²) < 4.78 is 2.10. The van der Waals surface area contributed by atoms with E-state index in [4.69, 9.17) is 0 Å². The normalized spacial score (nSPS) is 11.0. The van der Waals surface area contributed by atoms with Crippen LogP contribution in [-0.2, 0) is 6.54 Å². The molecule has 0 radical (unpaired) electrons. The zero-order valence-electron chi connectivity index (χ0n) is 10.7. The third-order valence-corrected chi connectivity index (χ3v) is 3.69. The monoisotopic (exact) mass is 273 g/mol. The second-order valence-electron chi connectivity index (χ2n) is 4.29. The molecule has 0 fully saturated rings. The Hall–Kier alpha value is -1.95. The van der Waals surface area contributed by atoms with Crippen LogP contribution in [0.25, 0.3) is 11.0 Å². The number of nitrogens with zero attached hydrogens (tertiary/aromatic N) is 4. The van der Waals surface area contributed by atoms with Gasteiger partial charge in [0.15, 0.2) is 0 Å². The number of anilines is 1. The molecule has 0 bridgehead atoms. The van der Waals surface area contributed by atoms with Crippen molar-refractivity contribution in [2.24, 2.45) is 0 Å². The topological polar surface area (TPSA) is 55.6 Å². The Morgan fingerprint density at radius 1 is 1.26 bits per heavy atom. The number of nitrogens with one attached hydrogen (secondary N) is 1. The Labute approximate surface area is 115 Å². The van der Waals surface area contributed by atoms with Crippen molar-refractivity contribution in [3.63, 3.8) is 0 Å². The number of rotatable bonds is 5. The van der Waals surface area contributed by atoms with Gasteiger partial charge in [-0.2, -0.15) is 0 Å². The van der Waals surface area contributed by atoms with Crippen LogP contribution in [0.2, 0.25) is 0 Å². The van der Waals surface area contributed by atoms with E-state index in [1.807, 2.05) is 24.5 Å². The Morgan fingerprint density at radius 2 is 2.16 bits per heavy atom. The Balaban J connectivity index is 1.79. The van der Waals surface area contributed by atoms with E-state index in [1.54, 1.807) is 11.3 Å². The maximum Gasteiger partial charge on any atom is 0.205 e. The van der Waals surface area contributed by atoms with E-state index in [2.05, 4.69) is 38.1 Å². The predicted octanol–water partition coefficient (Wildman–Crippen LogP) is 2.76. The van der Waals surface area contributed by atoms with E-state index in [9.17, 15) is 0 Å². The first-order chi connectivity index (χ1) is 9.36. The predicted molar refractivity (Wildman–Crippen MR) is 77.5 cm³/mol. The maximum absolute atomic E-state index is 4.38. The zero-order chi connectivity index (χ0) is 13.1. The van der Waals surface area contributed by atoms with Crippen molar-refractivity contribution in [1.29, 1.82) is 0 Å². The van der Waals surface area contributed by atoms with Crippen LogP contribution >= 0.6 is 11.3 Å². The van der Waals surface area contributed by atoms with Gasteiger partial charge in [-0.25, -0.2) is 4.98 Å². The number of para-hydroxylation sites is 2. The summed E-state index contributed by atoms with van der Waals surface area (Å²) in [6.07, 6.45) is 2.94. The summed E-state index contributed by atoms with van der Waals surface area (Å²) in [6.45, 7) is 3.78. The summed E-state index contributed by atoms with van der Waals surface area (Å²) in [7, 11) is 0. The van der Waals surface area contributed by atoms with Crippen molar-refractivity contribution in [2.75, 3.05) is 11.9 Å². The molecular weight excluding hydrogens is 258 g/mol. The molecule has 2 aromatic heterocycles. The molecule has 3 rings (SSSR count). The number of hydrogen-bond donors (Lipinski definition) is 1. The molecule has 0 amide bonds. The van der Waals surface area contributed by atoms with Gasteiger partial charge in [0, 0.05) is 6.54 Å². The fourth-order valence-electron chi connectivity index (χ4n) is 1.90. The lowest BCUT2D eigenvalue weighted by atomic mass is 10.3. The first-order valence-corrected chi connectivity index (χ1v) is 7.14. The molecule has 0 spiro atoms. The molecule has 6 heteroatoms. The average molecular weight is 273 g/mol. The molecular formula is C13H15N5S. The van der Waals surface area contributed by atoms with Crippen LogP contribution < -0.4 is 5.32 Å². The molecule has 0 saturated carbocycles. The quantitative estimate of drug-likeness (QED) is 0.776. The molecule has 19 heavy (non-hydrogen) atoms. The summed E-state index contributed by atoms with van der Waals surface area (Å²) in [4.78, 5) is 4.38. The van der Waals surface area contributed by atoms with Gasteiger partial charge in [0.25, 0.3) is 0 Å². The van der Waals surface area contributed by atoms with Crippen molar-refractivity contribution in [2.45, 2.75) is 19.9 Å². The molecule has 98 valence electrons. The van der Waals surface area contributed by atoms with Gasteiger partial charge in [0.2, 0.25) is 5.13 Å². The first-order valence-electron chi connectivity index (χ1n) is 6.33. The minimum Gasteiger partial charge on any atom is -0.360 e. The number of fused-ring (bicyclic) bond motifs is 1. The molecule has 1 aromatic carbocycles. The van der Waals surface area contributed by atoms with E-state index < -0.39 is 0 Å². The zero-order valence-corrected chi connectivity index (χ0v) is 11.5. The largest absolute Gasteiger partial charge is 0.360 e. The van der Waals surface area contributed by atoms with Crippen LogP contribution in [0, 0.1) is 0 Å². The third kappa shape index (κ3) is 2.58. The number of aromatic nitrogens is 4. The van der Waals surface area contributed by atoms with Gasteiger partial charge in [0.1, 0.15) is 5.01 Å². The second-order valence-corrected chi connectivity index (χ2v) is 5.35. The van der Waals surface area contributed by atoms with Crippen molar-refractivity contribution >= 4 is 27.5 Å². The smallest absolute Gasteiger partial charge is 0.205 e. The van der Waals surface area contributed by atoms with Gasteiger partial charge in [-0.15, -0.1) is 10.2 Å². The number of hydrogen-bond acceptors (Lipinski definition) is 5. The summed E-state index contributed by atoms with van der Waals surface area (Å²) in [5.74, 6) is 0. The summed E-state index contributed by atoms with van der Waals surface area (Å²) in [5.41, 5.74) is 2.14. The lowest BCUT2D eigenvalue weighted by molar-refractivity contribution is 0.800. The van der Waals surface area contributed by atoms with Crippen molar-refractivity contribution < 1.29 is 0 Å². The SMILES string of the molecule is CCCNc1nnc(Cn2cnc3ccccc32)s1. The lowest BCUT2D eigenvalue weighted by Gasteiger charge is -1.99. The molecule has 0 aliphatic heterocycles. The van der Waals surface area contributed by atoms with Gasteiger partial charge >= 0.3 is 0 Å². The lowest BCUT2D eigenvalue weighted by Crippen LogP contribution is -1.98. The highest BCUT2D eigenvalue weighted by molar-refractivity contribution is 7.15. The summed E-state index contributed by atoms with van der Waals surface area (Å²) in [6, 6.07) is 8.10. The molecule has 0 atom stereocenters. The first kappa shape index (κ1) is 12.1. The number of imidazole rings is 1. The molecule has 1 N–H and O–H groups in total. The van der Waals surface area contributed by atoms with Gasteiger partial charge < -0.3 is 9.88 Å².